The summed E-state index contributed by atoms with van der Waals surface area (Å²) >= 11 is 0. The van der Waals surface area contributed by atoms with Crippen LogP contribution in [-0.2, 0) is 9.63 Å². The number of hydrogen-bond acceptors (Lipinski definition) is 4. The largest absolute Gasteiger partial charge is 0.497 e. The Kier molecular flexibility index (Phi) is 4.31. The third-order valence-electron chi connectivity index (χ3n) is 2.18. The quantitative estimate of drug-likeness (QED) is 0.816. The average molecular weight is 251 g/mol. The van der Waals surface area contributed by atoms with Crippen molar-refractivity contribution < 1.29 is 19.2 Å². The zero-order valence-electron chi connectivity index (χ0n) is 10.9. The highest BCUT2D eigenvalue weighted by atomic mass is 16.7. The third kappa shape index (κ3) is 3.76. The molecule has 1 aromatic rings. The van der Waals surface area contributed by atoms with Gasteiger partial charge in [0.25, 0.3) is 5.91 Å². The predicted octanol–water partition coefficient (Wildman–Crippen LogP) is 1.93. The number of carbonyl (C=O) groups is 2. The van der Waals surface area contributed by atoms with E-state index in [2.05, 4.69) is 5.48 Å². The van der Waals surface area contributed by atoms with Crippen molar-refractivity contribution in [3.63, 3.8) is 0 Å². The highest BCUT2D eigenvalue weighted by molar-refractivity contribution is 5.94. The maximum absolute atomic E-state index is 11.7. The molecule has 0 atom stereocenters. The van der Waals surface area contributed by atoms with Gasteiger partial charge >= 0.3 is 5.97 Å². The lowest BCUT2D eigenvalue weighted by Gasteiger charge is -2.15. The Balaban J connectivity index is 2.63. The number of nitrogens with one attached hydrogen (secondary N) is 1. The summed E-state index contributed by atoms with van der Waals surface area (Å²) in [5.74, 6) is -0.435. The van der Waals surface area contributed by atoms with Crippen LogP contribution in [-0.4, -0.2) is 19.0 Å². The van der Waals surface area contributed by atoms with Crippen molar-refractivity contribution in [1.82, 2.24) is 5.48 Å². The number of ether oxygens (including phenoxy) is 1. The van der Waals surface area contributed by atoms with Gasteiger partial charge in [0.05, 0.1) is 12.5 Å². The zero-order valence-corrected chi connectivity index (χ0v) is 10.9. The number of carbonyl (C=O) groups excluding carboxylic acids is 2. The van der Waals surface area contributed by atoms with E-state index in [0.717, 1.165) is 0 Å². The SMILES string of the molecule is COc1cccc(C(=O)NOC(=O)C(C)(C)C)c1. The first-order chi connectivity index (χ1) is 8.34. The highest BCUT2D eigenvalue weighted by Gasteiger charge is 2.24. The van der Waals surface area contributed by atoms with E-state index in [9.17, 15) is 9.59 Å². The molecule has 1 rings (SSSR count). The van der Waals surface area contributed by atoms with Gasteiger partial charge in [0.15, 0.2) is 0 Å². The molecule has 0 aromatic heterocycles. The van der Waals surface area contributed by atoms with Gasteiger partial charge in [-0.15, -0.1) is 0 Å². The number of benzene rings is 1. The van der Waals surface area contributed by atoms with Gasteiger partial charge in [0.1, 0.15) is 5.75 Å². The molecule has 0 fully saturated rings. The second-order valence-corrected chi connectivity index (χ2v) is 4.80. The van der Waals surface area contributed by atoms with Crippen LogP contribution in [0.2, 0.25) is 0 Å². The molecule has 0 aliphatic carbocycles. The molecule has 98 valence electrons. The first-order valence-electron chi connectivity index (χ1n) is 5.50. The molecule has 0 spiro atoms. The number of methoxy groups -OCH3 is 1. The van der Waals surface area contributed by atoms with Crippen LogP contribution in [0.15, 0.2) is 24.3 Å². The maximum Gasteiger partial charge on any atom is 0.337 e. The summed E-state index contributed by atoms with van der Waals surface area (Å²) in [7, 11) is 1.51. The number of hydrogen-bond donors (Lipinski definition) is 1. The summed E-state index contributed by atoms with van der Waals surface area (Å²) in [5.41, 5.74) is 1.80. The monoisotopic (exact) mass is 251 g/mol. The smallest absolute Gasteiger partial charge is 0.337 e. The molecule has 5 heteroatoms. The van der Waals surface area contributed by atoms with Crippen LogP contribution in [0, 0.1) is 5.41 Å². The first kappa shape index (κ1) is 14.0. The van der Waals surface area contributed by atoms with E-state index in [-0.39, 0.29) is 0 Å². The standard InChI is InChI=1S/C13H17NO4/c1-13(2,3)12(16)18-14-11(15)9-6-5-7-10(8-9)17-4/h5-8H,1-4H3,(H,14,15). The average Bonchev–Trinajstić information content (AvgIpc) is 2.34. The normalized spacial score (nSPS) is 10.7. The summed E-state index contributed by atoms with van der Waals surface area (Å²) in [6.07, 6.45) is 0. The van der Waals surface area contributed by atoms with E-state index < -0.39 is 17.3 Å². The minimum Gasteiger partial charge on any atom is -0.497 e. The first-order valence-corrected chi connectivity index (χ1v) is 5.50. The Labute approximate surface area is 106 Å². The third-order valence-corrected chi connectivity index (χ3v) is 2.18. The molecular weight excluding hydrogens is 234 g/mol. The number of rotatable bonds is 2. The summed E-state index contributed by atoms with van der Waals surface area (Å²) in [6, 6.07) is 6.56. The highest BCUT2D eigenvalue weighted by Crippen LogP contribution is 2.15. The molecule has 0 aliphatic rings. The van der Waals surface area contributed by atoms with Gasteiger partial charge in [-0.25, -0.2) is 4.79 Å². The Morgan fingerprint density at radius 1 is 1.22 bits per heavy atom. The fourth-order valence-corrected chi connectivity index (χ4v) is 1.07. The minimum atomic E-state index is -0.665. The fraction of sp³-hybridized carbons (Fsp3) is 0.385. The minimum absolute atomic E-state index is 0.357. The van der Waals surface area contributed by atoms with E-state index in [4.69, 9.17) is 9.57 Å². The molecule has 0 saturated heterocycles. The lowest BCUT2D eigenvalue weighted by Crippen LogP contribution is -2.33. The van der Waals surface area contributed by atoms with Crippen molar-refractivity contribution in [2.24, 2.45) is 5.41 Å². The van der Waals surface area contributed by atoms with Crippen LogP contribution < -0.4 is 10.2 Å². The van der Waals surface area contributed by atoms with E-state index in [0.29, 0.717) is 11.3 Å². The zero-order chi connectivity index (χ0) is 13.8. The van der Waals surface area contributed by atoms with E-state index in [1.54, 1.807) is 45.0 Å². The Bertz CT molecular complexity index is 449. The van der Waals surface area contributed by atoms with Crippen LogP contribution in [0.25, 0.3) is 0 Å². The lowest BCUT2D eigenvalue weighted by atomic mass is 9.98. The topological polar surface area (TPSA) is 64.6 Å². The van der Waals surface area contributed by atoms with Crippen molar-refractivity contribution in [1.29, 1.82) is 0 Å². The van der Waals surface area contributed by atoms with Crippen molar-refractivity contribution >= 4 is 11.9 Å². The van der Waals surface area contributed by atoms with Gasteiger partial charge in [-0.2, -0.15) is 5.48 Å². The number of hydroxylamine groups is 1. The van der Waals surface area contributed by atoms with Crippen LogP contribution in [0.3, 0.4) is 0 Å². The molecule has 0 bridgehead atoms. The molecule has 18 heavy (non-hydrogen) atoms. The van der Waals surface area contributed by atoms with Gasteiger partial charge in [0.2, 0.25) is 0 Å². The van der Waals surface area contributed by atoms with Crippen molar-refractivity contribution in [2.45, 2.75) is 20.8 Å². The second-order valence-electron chi connectivity index (χ2n) is 4.80. The Morgan fingerprint density at radius 2 is 1.89 bits per heavy atom. The molecule has 0 unspecified atom stereocenters. The summed E-state index contributed by atoms with van der Waals surface area (Å²) in [5, 5.41) is 0. The summed E-state index contributed by atoms with van der Waals surface area (Å²) < 4.78 is 5.00. The maximum atomic E-state index is 11.7. The van der Waals surface area contributed by atoms with Crippen molar-refractivity contribution in [2.75, 3.05) is 7.11 Å². The fourth-order valence-electron chi connectivity index (χ4n) is 1.07. The molecule has 1 N–H and O–H groups in total. The van der Waals surface area contributed by atoms with Gasteiger partial charge in [0, 0.05) is 5.56 Å². The van der Waals surface area contributed by atoms with Crippen molar-refractivity contribution in [3.05, 3.63) is 29.8 Å². The van der Waals surface area contributed by atoms with Crippen LogP contribution in [0.1, 0.15) is 31.1 Å². The second kappa shape index (κ2) is 5.53. The summed E-state index contributed by atoms with van der Waals surface area (Å²) in [6.45, 7) is 5.10. The van der Waals surface area contributed by atoms with Gasteiger partial charge < -0.3 is 9.57 Å². The Morgan fingerprint density at radius 3 is 2.44 bits per heavy atom. The molecule has 0 heterocycles. The van der Waals surface area contributed by atoms with Crippen LogP contribution in [0.4, 0.5) is 0 Å². The van der Waals surface area contributed by atoms with Gasteiger partial charge in [-0.1, -0.05) is 6.07 Å². The van der Waals surface area contributed by atoms with Crippen LogP contribution >= 0.6 is 0 Å². The lowest BCUT2D eigenvalue weighted by molar-refractivity contribution is -0.158. The predicted molar refractivity (Wildman–Crippen MR) is 66.0 cm³/mol. The molecule has 0 saturated carbocycles. The molecule has 5 nitrogen and oxygen atoms in total. The van der Waals surface area contributed by atoms with Crippen molar-refractivity contribution in [3.8, 4) is 5.75 Å². The molecule has 0 radical (unpaired) electrons. The number of amides is 1. The van der Waals surface area contributed by atoms with E-state index in [1.807, 2.05) is 0 Å². The molecule has 0 aliphatic heterocycles. The van der Waals surface area contributed by atoms with E-state index in [1.165, 1.54) is 7.11 Å². The van der Waals surface area contributed by atoms with E-state index >= 15 is 0 Å². The summed E-state index contributed by atoms with van der Waals surface area (Å²) in [4.78, 5) is 27.9. The van der Waals surface area contributed by atoms with Gasteiger partial charge in [-0.05, 0) is 39.0 Å². The van der Waals surface area contributed by atoms with Crippen LogP contribution in [0.5, 0.6) is 5.75 Å². The molecule has 1 aromatic carbocycles. The molecule has 1 amide bonds. The Hall–Kier alpha value is -2.04. The molecular formula is C13H17NO4. The van der Waals surface area contributed by atoms with Gasteiger partial charge in [-0.3, -0.25) is 4.79 Å².